The van der Waals surface area contributed by atoms with Crippen LogP contribution in [0.4, 0.5) is 17.1 Å². The molecule has 0 atom stereocenters. The Kier molecular flexibility index (Phi) is 9.20. The molecule has 0 aliphatic carbocycles. The van der Waals surface area contributed by atoms with Gasteiger partial charge in [-0.1, -0.05) is 206 Å². The largest absolute Gasteiger partial charge is 0.310 e. The van der Waals surface area contributed by atoms with Crippen LogP contribution < -0.4 is 4.90 Å². The van der Waals surface area contributed by atoms with Crippen LogP contribution in [0.1, 0.15) is 0 Å². The molecule has 0 N–H and O–H groups in total. The van der Waals surface area contributed by atoms with Crippen molar-refractivity contribution in [2.45, 2.75) is 0 Å². The highest BCUT2D eigenvalue weighted by molar-refractivity contribution is 6.15. The molecule has 0 spiro atoms. The van der Waals surface area contributed by atoms with E-state index in [9.17, 15) is 0 Å². The van der Waals surface area contributed by atoms with E-state index in [1.54, 1.807) is 0 Å². The zero-order chi connectivity index (χ0) is 42.4. The van der Waals surface area contributed by atoms with Crippen LogP contribution in [0.5, 0.6) is 0 Å². The van der Waals surface area contributed by atoms with E-state index < -0.39 is 0 Å². The molecule has 11 aromatic carbocycles. The van der Waals surface area contributed by atoms with Crippen molar-refractivity contribution < 1.29 is 0 Å². The van der Waals surface area contributed by atoms with Crippen LogP contribution >= 0.6 is 0 Å². The quantitative estimate of drug-likeness (QED) is 0.139. The van der Waals surface area contributed by atoms with Crippen LogP contribution in [0.2, 0.25) is 0 Å². The summed E-state index contributed by atoms with van der Waals surface area (Å²) in [6.07, 6.45) is 0. The first kappa shape index (κ1) is 37.3. The van der Waals surface area contributed by atoms with E-state index >= 15 is 0 Å². The van der Waals surface area contributed by atoms with E-state index in [2.05, 4.69) is 264 Å². The van der Waals surface area contributed by atoms with Gasteiger partial charge in [0, 0.05) is 33.1 Å². The van der Waals surface area contributed by atoms with Crippen molar-refractivity contribution >= 4 is 60.4 Å². The molecule has 2 heteroatoms. The van der Waals surface area contributed by atoms with Crippen molar-refractivity contribution in [1.29, 1.82) is 0 Å². The van der Waals surface area contributed by atoms with Crippen molar-refractivity contribution in [1.82, 2.24) is 4.57 Å². The molecule has 1 aromatic heterocycles. The number of rotatable bonds is 8. The molecule has 300 valence electrons. The van der Waals surface area contributed by atoms with Gasteiger partial charge in [-0.15, -0.1) is 0 Å². The molecule has 2 nitrogen and oxygen atoms in total. The summed E-state index contributed by atoms with van der Waals surface area (Å²) in [7, 11) is 0. The van der Waals surface area contributed by atoms with Crippen LogP contribution in [0.25, 0.3) is 93.5 Å². The van der Waals surface area contributed by atoms with Crippen molar-refractivity contribution in [2.24, 2.45) is 0 Å². The number of benzene rings is 11. The highest BCUT2D eigenvalue weighted by Gasteiger charge is 2.21. The Hall–Kier alpha value is -8.46. The van der Waals surface area contributed by atoms with Crippen LogP contribution in [0.15, 0.2) is 255 Å². The van der Waals surface area contributed by atoms with E-state index in [1.165, 1.54) is 76.7 Å². The fourth-order valence-corrected chi connectivity index (χ4v) is 9.70. The Labute approximate surface area is 373 Å². The fourth-order valence-electron chi connectivity index (χ4n) is 9.70. The first-order chi connectivity index (χ1) is 31.7. The van der Waals surface area contributed by atoms with Crippen molar-refractivity contribution in [3.63, 3.8) is 0 Å². The van der Waals surface area contributed by atoms with Gasteiger partial charge >= 0.3 is 0 Å². The number of anilines is 3. The normalized spacial score (nSPS) is 11.4. The summed E-state index contributed by atoms with van der Waals surface area (Å²) in [5, 5.41) is 7.37. The predicted octanol–water partition coefficient (Wildman–Crippen LogP) is 17.2. The van der Waals surface area contributed by atoms with E-state index in [4.69, 9.17) is 0 Å². The van der Waals surface area contributed by atoms with E-state index in [0.29, 0.717) is 0 Å². The third-order valence-corrected chi connectivity index (χ3v) is 12.8. The van der Waals surface area contributed by atoms with Gasteiger partial charge in [0.2, 0.25) is 0 Å². The maximum absolute atomic E-state index is 2.48. The Morgan fingerprint density at radius 3 is 1.38 bits per heavy atom. The van der Waals surface area contributed by atoms with Gasteiger partial charge in [-0.25, -0.2) is 0 Å². The molecule has 0 fully saturated rings. The molecular formula is C62H42N2. The van der Waals surface area contributed by atoms with E-state index in [1.807, 2.05) is 0 Å². The molecule has 0 unspecified atom stereocenters. The zero-order valence-electron chi connectivity index (χ0n) is 35.1. The van der Waals surface area contributed by atoms with E-state index in [-0.39, 0.29) is 0 Å². The van der Waals surface area contributed by atoms with Gasteiger partial charge in [0.05, 0.1) is 22.4 Å². The number of hydrogen-bond donors (Lipinski definition) is 0. The molecular weight excluding hydrogens is 773 g/mol. The van der Waals surface area contributed by atoms with Crippen molar-refractivity contribution in [3.05, 3.63) is 255 Å². The second-order valence-corrected chi connectivity index (χ2v) is 16.5. The first-order valence-electron chi connectivity index (χ1n) is 22.0. The lowest BCUT2D eigenvalue weighted by molar-refractivity contribution is 1.18. The summed E-state index contributed by atoms with van der Waals surface area (Å²) < 4.78 is 2.48. The Morgan fingerprint density at radius 2 is 0.750 bits per heavy atom. The average molecular weight is 815 g/mol. The van der Waals surface area contributed by atoms with Crippen LogP contribution in [0.3, 0.4) is 0 Å². The summed E-state index contributed by atoms with van der Waals surface area (Å²) in [6, 6.07) is 92.8. The molecule has 12 aromatic rings. The number of nitrogens with zero attached hydrogens (tertiary/aromatic N) is 2. The van der Waals surface area contributed by atoms with Crippen LogP contribution in [-0.2, 0) is 0 Å². The molecule has 0 saturated carbocycles. The molecule has 64 heavy (non-hydrogen) atoms. The first-order valence-corrected chi connectivity index (χ1v) is 22.0. The van der Waals surface area contributed by atoms with Crippen molar-refractivity contribution in [2.75, 3.05) is 4.90 Å². The average Bonchev–Trinajstić information content (AvgIpc) is 3.70. The van der Waals surface area contributed by atoms with Gasteiger partial charge in [-0.2, -0.15) is 0 Å². The lowest BCUT2D eigenvalue weighted by Crippen LogP contribution is -2.11. The minimum absolute atomic E-state index is 1.09. The summed E-state index contributed by atoms with van der Waals surface area (Å²) in [6.45, 7) is 0. The molecule has 1 heterocycles. The summed E-state index contributed by atoms with van der Waals surface area (Å²) in [5.41, 5.74) is 16.3. The second-order valence-electron chi connectivity index (χ2n) is 16.5. The zero-order valence-corrected chi connectivity index (χ0v) is 35.1. The van der Waals surface area contributed by atoms with Gasteiger partial charge < -0.3 is 9.47 Å². The SMILES string of the molecule is c1ccc(-c2cccc(N(c3ccc(-c4ccccc4-n4c5cc(-c6ccccc6)ccc5c5ccc(-c6ccccc6)cc54)cc3)c3cc4ccccc4c4ccccc34)c2)cc1. The molecule has 0 radical (unpaired) electrons. The van der Waals surface area contributed by atoms with Crippen LogP contribution in [-0.4, -0.2) is 4.57 Å². The predicted molar refractivity (Wildman–Crippen MR) is 272 cm³/mol. The third-order valence-electron chi connectivity index (χ3n) is 12.8. The van der Waals surface area contributed by atoms with Crippen molar-refractivity contribution in [3.8, 4) is 50.2 Å². The molecule has 0 aliphatic heterocycles. The second kappa shape index (κ2) is 15.8. The topological polar surface area (TPSA) is 8.17 Å². The fraction of sp³-hybridized carbons (Fsp3) is 0. The summed E-state index contributed by atoms with van der Waals surface area (Å²) in [5.74, 6) is 0. The Bertz CT molecular complexity index is 3550. The molecule has 0 aliphatic rings. The summed E-state index contributed by atoms with van der Waals surface area (Å²) in [4.78, 5) is 2.43. The molecule has 0 saturated heterocycles. The lowest BCUT2D eigenvalue weighted by Gasteiger charge is -2.28. The maximum atomic E-state index is 2.48. The minimum Gasteiger partial charge on any atom is -0.310 e. The number of hydrogen-bond acceptors (Lipinski definition) is 1. The smallest absolute Gasteiger partial charge is 0.0547 e. The highest BCUT2D eigenvalue weighted by Crippen LogP contribution is 2.44. The number of aromatic nitrogens is 1. The Balaban J connectivity index is 1.04. The standard InChI is InChI=1S/C62H42N2/c1-4-17-43(18-5-1)47-24-16-25-52(39-47)63(60-42-50-23-10-11-26-53(50)55-28-12-13-29-56(55)60)51-35-31-46(32-36-51)54-27-14-15-30-59(54)64-61-40-48(44-19-6-2-7-20-44)33-37-57(61)58-38-34-49(41-62(58)64)45-21-8-3-9-22-45/h1-42H. The van der Waals surface area contributed by atoms with Gasteiger partial charge in [0.1, 0.15) is 0 Å². The number of fused-ring (bicyclic) bond motifs is 6. The van der Waals surface area contributed by atoms with E-state index in [0.717, 1.165) is 33.9 Å². The third kappa shape index (κ3) is 6.52. The maximum Gasteiger partial charge on any atom is 0.0547 e. The monoisotopic (exact) mass is 814 g/mol. The molecule has 12 rings (SSSR count). The lowest BCUT2D eigenvalue weighted by atomic mass is 9.98. The van der Waals surface area contributed by atoms with Gasteiger partial charge in [-0.05, 0) is 104 Å². The van der Waals surface area contributed by atoms with Gasteiger partial charge in [0.25, 0.3) is 0 Å². The summed E-state index contributed by atoms with van der Waals surface area (Å²) >= 11 is 0. The molecule has 0 amide bonds. The minimum atomic E-state index is 1.09. The molecule has 0 bridgehead atoms. The van der Waals surface area contributed by atoms with Crippen LogP contribution in [0, 0.1) is 0 Å². The highest BCUT2D eigenvalue weighted by atomic mass is 15.1. The number of para-hydroxylation sites is 1. The van der Waals surface area contributed by atoms with Gasteiger partial charge in [0.15, 0.2) is 0 Å². The Morgan fingerprint density at radius 1 is 0.266 bits per heavy atom. The van der Waals surface area contributed by atoms with Gasteiger partial charge in [-0.3, -0.25) is 0 Å².